The number of aromatic amines is 1. The lowest BCUT2D eigenvalue weighted by Gasteiger charge is -2.09. The van der Waals surface area contributed by atoms with Crippen molar-refractivity contribution in [2.75, 3.05) is 6.61 Å². The molecule has 5 nitrogen and oxygen atoms in total. The lowest BCUT2D eigenvalue weighted by Crippen LogP contribution is -2.15. The smallest absolute Gasteiger partial charge is 0.306 e. The minimum atomic E-state index is -0.740. The molecule has 8 heteroatoms. The molecule has 2 aliphatic carbocycles. The average Bonchev–Trinajstić information content (AvgIpc) is 3.01. The Balaban J connectivity index is 1.42. The van der Waals surface area contributed by atoms with Crippen LogP contribution in [0.1, 0.15) is 41.9 Å². The summed E-state index contributed by atoms with van der Waals surface area (Å²) in [6.45, 7) is 0.243. The van der Waals surface area contributed by atoms with E-state index < -0.39 is 4.33 Å². The molecule has 2 aromatic heterocycles. The van der Waals surface area contributed by atoms with Crippen molar-refractivity contribution in [3.8, 4) is 0 Å². The fourth-order valence-electron chi connectivity index (χ4n) is 3.26. The first-order valence-corrected chi connectivity index (χ1v) is 10.1. The van der Waals surface area contributed by atoms with Crippen LogP contribution in [0.15, 0.2) is 4.79 Å². The van der Waals surface area contributed by atoms with E-state index in [2.05, 4.69) is 9.97 Å². The van der Waals surface area contributed by atoms with Gasteiger partial charge in [-0.3, -0.25) is 9.59 Å². The number of nitrogens with zero attached hydrogens (tertiary/aromatic N) is 1. The van der Waals surface area contributed by atoms with Gasteiger partial charge in [0.05, 0.1) is 18.4 Å². The van der Waals surface area contributed by atoms with E-state index in [1.807, 2.05) is 0 Å². The number of alkyl halides is 2. The maximum absolute atomic E-state index is 12.4. The molecule has 0 aliphatic heterocycles. The lowest BCUT2D eigenvalue weighted by atomic mass is 9.97. The van der Waals surface area contributed by atoms with Crippen molar-refractivity contribution in [3.05, 3.63) is 26.6 Å². The Hall–Kier alpha value is -1.11. The van der Waals surface area contributed by atoms with E-state index in [0.29, 0.717) is 18.7 Å². The third kappa shape index (κ3) is 3.57. The second-order valence-electron chi connectivity index (χ2n) is 6.75. The summed E-state index contributed by atoms with van der Waals surface area (Å²) in [5.41, 5.74) is 1.07. The van der Waals surface area contributed by atoms with Crippen LogP contribution in [0.5, 0.6) is 0 Å². The predicted octanol–water partition coefficient (Wildman–Crippen LogP) is 3.53. The molecule has 1 atom stereocenters. The zero-order chi connectivity index (χ0) is 17.6. The highest BCUT2D eigenvalue weighted by Gasteiger charge is 2.52. The number of nitrogens with one attached hydrogen (secondary N) is 1. The quantitative estimate of drug-likeness (QED) is 0.615. The predicted molar refractivity (Wildman–Crippen MR) is 98.7 cm³/mol. The largest absolute Gasteiger partial charge is 0.465 e. The molecule has 0 bridgehead atoms. The summed E-state index contributed by atoms with van der Waals surface area (Å²) in [6, 6.07) is 0. The molecule has 0 aromatic carbocycles. The van der Waals surface area contributed by atoms with E-state index in [1.165, 1.54) is 16.9 Å². The molecule has 2 aromatic rings. The maximum Gasteiger partial charge on any atom is 0.306 e. The van der Waals surface area contributed by atoms with E-state index in [1.54, 1.807) is 11.3 Å². The summed E-state index contributed by atoms with van der Waals surface area (Å²) in [5, 5.41) is 0.736. The Labute approximate surface area is 158 Å². The van der Waals surface area contributed by atoms with Crippen molar-refractivity contribution in [2.24, 2.45) is 5.92 Å². The van der Waals surface area contributed by atoms with Crippen molar-refractivity contribution in [2.45, 2.75) is 49.3 Å². The van der Waals surface area contributed by atoms with Crippen molar-refractivity contribution in [1.29, 1.82) is 0 Å². The van der Waals surface area contributed by atoms with Crippen LogP contribution in [0.4, 0.5) is 0 Å². The second kappa shape index (κ2) is 6.56. The van der Waals surface area contributed by atoms with Crippen LogP contribution in [-0.4, -0.2) is 26.9 Å². The van der Waals surface area contributed by atoms with Crippen LogP contribution in [0.2, 0.25) is 0 Å². The van der Waals surface area contributed by atoms with Gasteiger partial charge in [-0.2, -0.15) is 0 Å². The van der Waals surface area contributed by atoms with E-state index >= 15 is 0 Å². The Morgan fingerprint density at radius 3 is 2.88 bits per heavy atom. The third-order valence-corrected chi connectivity index (χ3v) is 6.95. The molecular weight excluding hydrogens is 383 g/mol. The Morgan fingerprint density at radius 1 is 1.36 bits per heavy atom. The van der Waals surface area contributed by atoms with Gasteiger partial charge in [0.15, 0.2) is 0 Å². The fourth-order valence-corrected chi connectivity index (χ4v) is 5.04. The average molecular weight is 401 g/mol. The van der Waals surface area contributed by atoms with Crippen LogP contribution in [0, 0.1) is 5.92 Å². The number of thiophene rings is 1. The molecule has 1 saturated carbocycles. The molecule has 0 amide bonds. The number of aryl methyl sites for hydroxylation is 3. The standard InChI is InChI=1S/C17H18Cl2N2O3S/c18-17(19)7-9(17)8-24-13(22)6-5-12-20-15(23)14-10-3-1-2-4-11(10)25-16(14)21-12/h9H,1-8H2,(H,20,21,23)/t9-/m0/s1. The Bertz CT molecular complexity index is 890. The van der Waals surface area contributed by atoms with Gasteiger partial charge in [0.25, 0.3) is 5.56 Å². The first-order chi connectivity index (χ1) is 11.9. The molecule has 25 heavy (non-hydrogen) atoms. The van der Waals surface area contributed by atoms with Gasteiger partial charge in [0, 0.05) is 17.2 Å². The van der Waals surface area contributed by atoms with Crippen molar-refractivity contribution >= 4 is 50.7 Å². The maximum atomic E-state index is 12.4. The van der Waals surface area contributed by atoms with Crippen LogP contribution in [0.25, 0.3) is 10.2 Å². The van der Waals surface area contributed by atoms with Gasteiger partial charge in [-0.05, 0) is 37.7 Å². The van der Waals surface area contributed by atoms with Crippen LogP contribution >= 0.6 is 34.5 Å². The highest BCUT2D eigenvalue weighted by atomic mass is 35.5. The van der Waals surface area contributed by atoms with Crippen molar-refractivity contribution < 1.29 is 9.53 Å². The number of carbonyl (C=O) groups excluding carboxylic acids is 1. The van der Waals surface area contributed by atoms with Crippen LogP contribution in [0.3, 0.4) is 0 Å². The zero-order valence-corrected chi connectivity index (χ0v) is 15.9. The Morgan fingerprint density at radius 2 is 2.12 bits per heavy atom. The van der Waals surface area contributed by atoms with Gasteiger partial charge in [-0.15, -0.1) is 34.5 Å². The number of hydrogen-bond donors (Lipinski definition) is 1. The van der Waals surface area contributed by atoms with E-state index in [4.69, 9.17) is 27.9 Å². The third-order valence-electron chi connectivity index (χ3n) is 4.84. The highest BCUT2D eigenvalue weighted by molar-refractivity contribution is 7.18. The minimum Gasteiger partial charge on any atom is -0.465 e. The summed E-state index contributed by atoms with van der Waals surface area (Å²) in [6.07, 6.45) is 5.45. The SMILES string of the molecule is O=C(CCc1nc2sc3c(c2c(=O)[nH]1)CCCC3)OC[C@@H]1CC1(Cl)Cl. The number of ether oxygens (including phenoxy) is 1. The van der Waals surface area contributed by atoms with E-state index in [0.717, 1.165) is 29.5 Å². The van der Waals surface area contributed by atoms with Crippen molar-refractivity contribution in [3.63, 3.8) is 0 Å². The molecule has 1 fully saturated rings. The molecule has 134 valence electrons. The van der Waals surface area contributed by atoms with Gasteiger partial charge in [-0.1, -0.05) is 0 Å². The number of esters is 1. The molecule has 0 unspecified atom stereocenters. The summed E-state index contributed by atoms with van der Waals surface area (Å²) in [5.74, 6) is 0.222. The summed E-state index contributed by atoms with van der Waals surface area (Å²) in [4.78, 5) is 33.7. The number of hydrogen-bond acceptors (Lipinski definition) is 5. The number of fused-ring (bicyclic) bond motifs is 3. The minimum absolute atomic E-state index is 0.0199. The van der Waals surface area contributed by atoms with Gasteiger partial charge >= 0.3 is 5.97 Å². The van der Waals surface area contributed by atoms with Gasteiger partial charge in [-0.25, -0.2) is 4.98 Å². The van der Waals surface area contributed by atoms with E-state index in [-0.39, 0.29) is 30.5 Å². The molecule has 4 rings (SSSR count). The number of H-pyrrole nitrogens is 1. The van der Waals surface area contributed by atoms with Gasteiger partial charge < -0.3 is 9.72 Å². The molecule has 0 spiro atoms. The zero-order valence-electron chi connectivity index (χ0n) is 13.6. The van der Waals surface area contributed by atoms with E-state index in [9.17, 15) is 9.59 Å². The number of rotatable bonds is 5. The highest BCUT2D eigenvalue weighted by Crippen LogP contribution is 2.53. The van der Waals surface area contributed by atoms with Gasteiger partial charge in [0.2, 0.25) is 0 Å². The summed E-state index contributed by atoms with van der Waals surface area (Å²) in [7, 11) is 0. The fraction of sp³-hybridized carbons (Fsp3) is 0.588. The van der Waals surface area contributed by atoms with Gasteiger partial charge in [0.1, 0.15) is 15.0 Å². The second-order valence-corrected chi connectivity index (χ2v) is 9.37. The number of aromatic nitrogens is 2. The molecule has 0 radical (unpaired) electrons. The number of halogens is 2. The first kappa shape index (κ1) is 17.3. The molecule has 0 saturated heterocycles. The summed E-state index contributed by atoms with van der Waals surface area (Å²) >= 11 is 13.4. The van der Waals surface area contributed by atoms with Crippen molar-refractivity contribution in [1.82, 2.24) is 9.97 Å². The summed E-state index contributed by atoms with van der Waals surface area (Å²) < 4.78 is 4.44. The van der Waals surface area contributed by atoms with Crippen LogP contribution < -0.4 is 5.56 Å². The Kier molecular flexibility index (Phi) is 4.54. The molecular formula is C17H18Cl2N2O3S. The molecule has 1 N–H and O–H groups in total. The van der Waals surface area contributed by atoms with Crippen LogP contribution in [-0.2, 0) is 28.8 Å². The normalized spacial score (nSPS) is 21.1. The topological polar surface area (TPSA) is 72.0 Å². The molecule has 2 aliphatic rings. The lowest BCUT2D eigenvalue weighted by molar-refractivity contribution is -0.144. The molecule has 2 heterocycles. The first-order valence-electron chi connectivity index (χ1n) is 8.51. The monoisotopic (exact) mass is 400 g/mol. The number of carbonyl (C=O) groups is 1.